The van der Waals surface area contributed by atoms with Gasteiger partial charge in [0.25, 0.3) is 11.1 Å². The predicted octanol–water partition coefficient (Wildman–Crippen LogP) is 3.11. The molecule has 0 unspecified atom stereocenters. The fourth-order valence-electron chi connectivity index (χ4n) is 2.85. The summed E-state index contributed by atoms with van der Waals surface area (Å²) in [6.07, 6.45) is 3.72. The zero-order chi connectivity index (χ0) is 17.1. The number of hydrogen-bond acceptors (Lipinski definition) is 5. The molecule has 0 atom stereocenters. The zero-order valence-corrected chi connectivity index (χ0v) is 14.3. The lowest BCUT2D eigenvalue weighted by atomic mass is 10.1. The van der Waals surface area contributed by atoms with Crippen LogP contribution in [0.1, 0.15) is 18.4 Å². The van der Waals surface area contributed by atoms with E-state index in [1.807, 2.05) is 4.90 Å². The van der Waals surface area contributed by atoms with Gasteiger partial charge < -0.3 is 9.64 Å². The lowest BCUT2D eigenvalue weighted by Gasteiger charge is -2.18. The number of carbonyl (C=O) groups is 2. The molecule has 1 aromatic rings. The number of methoxy groups -OCH3 is 1. The van der Waals surface area contributed by atoms with Crippen molar-refractivity contribution in [2.24, 2.45) is 0 Å². The number of halogens is 1. The molecular weight excluding hydrogens is 331 g/mol. The monoisotopic (exact) mass is 350 g/mol. The maximum Gasteiger partial charge on any atom is 0.293 e. The van der Waals surface area contributed by atoms with Crippen molar-refractivity contribution in [3.63, 3.8) is 0 Å². The molecule has 0 N–H and O–H groups in total. The fraction of sp³-hybridized carbons (Fsp3) is 0.412. The zero-order valence-electron chi connectivity index (χ0n) is 13.5. The Labute approximate surface area is 144 Å². The summed E-state index contributed by atoms with van der Waals surface area (Å²) in [6, 6.07) is 4.93. The number of ether oxygens (including phenoxy) is 1. The maximum atomic E-state index is 14.3. The summed E-state index contributed by atoms with van der Waals surface area (Å²) in [6.45, 7) is 2.26. The van der Waals surface area contributed by atoms with Gasteiger partial charge in [0, 0.05) is 20.2 Å². The minimum Gasteiger partial charge on any atom is -0.383 e. The Balaban J connectivity index is 1.77. The van der Waals surface area contributed by atoms with Crippen LogP contribution in [0.2, 0.25) is 0 Å². The summed E-state index contributed by atoms with van der Waals surface area (Å²) in [4.78, 5) is 27.6. The van der Waals surface area contributed by atoms with Crippen LogP contribution in [0.25, 0.3) is 6.08 Å². The van der Waals surface area contributed by atoms with E-state index in [4.69, 9.17) is 4.74 Å². The Morgan fingerprint density at radius 2 is 2.04 bits per heavy atom. The third kappa shape index (κ3) is 3.47. The molecule has 2 heterocycles. The van der Waals surface area contributed by atoms with Gasteiger partial charge in [-0.3, -0.25) is 14.5 Å². The average molecular weight is 350 g/mol. The van der Waals surface area contributed by atoms with Crippen LogP contribution < -0.4 is 4.90 Å². The number of rotatable bonds is 5. The van der Waals surface area contributed by atoms with E-state index in [0.29, 0.717) is 22.8 Å². The third-order valence-electron chi connectivity index (χ3n) is 4.11. The normalized spacial score (nSPS) is 19.8. The Hall–Kier alpha value is -1.86. The van der Waals surface area contributed by atoms with Crippen LogP contribution in [0.4, 0.5) is 14.9 Å². The summed E-state index contributed by atoms with van der Waals surface area (Å²) in [7, 11) is 1.51. The Morgan fingerprint density at radius 1 is 1.29 bits per heavy atom. The number of benzene rings is 1. The predicted molar refractivity (Wildman–Crippen MR) is 92.4 cm³/mol. The van der Waals surface area contributed by atoms with Crippen molar-refractivity contribution < 1.29 is 18.7 Å². The third-order valence-corrected chi connectivity index (χ3v) is 5.02. The van der Waals surface area contributed by atoms with Crippen molar-refractivity contribution in [2.75, 3.05) is 38.3 Å². The number of thioether (sulfide) groups is 1. The van der Waals surface area contributed by atoms with Gasteiger partial charge in [-0.1, -0.05) is 6.07 Å². The minimum absolute atomic E-state index is 0.223. The first-order chi connectivity index (χ1) is 11.6. The van der Waals surface area contributed by atoms with Crippen LogP contribution in [0.3, 0.4) is 0 Å². The molecule has 2 aliphatic rings. The van der Waals surface area contributed by atoms with Crippen LogP contribution in [-0.2, 0) is 9.53 Å². The highest BCUT2D eigenvalue weighted by Crippen LogP contribution is 2.33. The van der Waals surface area contributed by atoms with E-state index >= 15 is 0 Å². The number of imide groups is 1. The van der Waals surface area contributed by atoms with E-state index in [1.165, 1.54) is 13.2 Å². The molecule has 0 aromatic heterocycles. The van der Waals surface area contributed by atoms with Gasteiger partial charge in [0.2, 0.25) is 0 Å². The molecule has 24 heavy (non-hydrogen) atoms. The Kier molecular flexibility index (Phi) is 5.20. The second kappa shape index (κ2) is 7.36. The van der Waals surface area contributed by atoms with Crippen molar-refractivity contribution in [3.8, 4) is 0 Å². The summed E-state index contributed by atoms with van der Waals surface area (Å²) < 4.78 is 19.2. The van der Waals surface area contributed by atoms with Gasteiger partial charge in [-0.15, -0.1) is 0 Å². The highest BCUT2D eigenvalue weighted by atomic mass is 32.2. The molecule has 2 fully saturated rings. The maximum absolute atomic E-state index is 14.3. The molecule has 2 amide bonds. The van der Waals surface area contributed by atoms with Crippen LogP contribution in [0.5, 0.6) is 0 Å². The first-order valence-corrected chi connectivity index (χ1v) is 8.70. The van der Waals surface area contributed by atoms with E-state index in [0.717, 1.165) is 42.6 Å². The second-order valence-electron chi connectivity index (χ2n) is 5.73. The molecule has 1 aromatic carbocycles. The van der Waals surface area contributed by atoms with Crippen molar-refractivity contribution in [1.29, 1.82) is 0 Å². The first-order valence-electron chi connectivity index (χ1n) is 7.89. The smallest absolute Gasteiger partial charge is 0.293 e. The molecule has 0 aliphatic carbocycles. The Bertz CT molecular complexity index is 686. The van der Waals surface area contributed by atoms with Crippen LogP contribution in [0.15, 0.2) is 23.1 Å². The van der Waals surface area contributed by atoms with E-state index in [2.05, 4.69) is 0 Å². The van der Waals surface area contributed by atoms with Crippen LogP contribution >= 0.6 is 11.8 Å². The Morgan fingerprint density at radius 3 is 2.71 bits per heavy atom. The van der Waals surface area contributed by atoms with Gasteiger partial charge in [0.15, 0.2) is 0 Å². The van der Waals surface area contributed by atoms with E-state index in [1.54, 1.807) is 18.2 Å². The van der Waals surface area contributed by atoms with Gasteiger partial charge in [-0.05, 0) is 48.4 Å². The summed E-state index contributed by atoms with van der Waals surface area (Å²) in [5, 5.41) is -0.322. The van der Waals surface area contributed by atoms with Crippen molar-refractivity contribution in [3.05, 3.63) is 34.5 Å². The molecule has 2 saturated heterocycles. The second-order valence-corrected chi connectivity index (χ2v) is 6.72. The molecule has 0 saturated carbocycles. The average Bonchev–Trinajstić information content (AvgIpc) is 3.16. The molecule has 3 rings (SSSR count). The van der Waals surface area contributed by atoms with Gasteiger partial charge in [0.05, 0.1) is 23.7 Å². The minimum atomic E-state index is -0.355. The molecule has 5 nitrogen and oxygen atoms in total. The van der Waals surface area contributed by atoms with Crippen molar-refractivity contribution >= 4 is 34.7 Å². The van der Waals surface area contributed by atoms with Gasteiger partial charge in [-0.2, -0.15) is 0 Å². The highest BCUT2D eigenvalue weighted by Gasteiger charge is 2.34. The number of nitrogens with zero attached hydrogens (tertiary/aromatic N) is 2. The lowest BCUT2D eigenvalue weighted by molar-refractivity contribution is -0.123. The molecule has 2 aliphatic heterocycles. The molecule has 0 radical (unpaired) electrons. The number of hydrogen-bond donors (Lipinski definition) is 0. The van der Waals surface area contributed by atoms with Crippen LogP contribution in [-0.4, -0.2) is 49.4 Å². The topological polar surface area (TPSA) is 49.9 Å². The number of anilines is 1. The van der Waals surface area contributed by atoms with Crippen LogP contribution in [0, 0.1) is 5.82 Å². The molecule has 0 spiro atoms. The summed E-state index contributed by atoms with van der Waals surface area (Å²) >= 11 is 0.873. The fourth-order valence-corrected chi connectivity index (χ4v) is 3.72. The van der Waals surface area contributed by atoms with E-state index < -0.39 is 0 Å². The SMILES string of the molecule is COCCN1C(=O)S/C(=C/c2ccc(N3CCCC3)c(F)c2)C1=O. The van der Waals surface area contributed by atoms with E-state index in [9.17, 15) is 14.0 Å². The molecule has 0 bridgehead atoms. The standard InChI is InChI=1S/C17H19FN2O3S/c1-23-9-8-20-16(21)15(24-17(20)22)11-12-4-5-14(13(18)10-12)19-6-2-3-7-19/h4-5,10-11H,2-3,6-9H2,1H3/b15-11+. The molecule has 7 heteroatoms. The summed E-state index contributed by atoms with van der Waals surface area (Å²) in [5.74, 6) is -0.657. The molecular formula is C17H19FN2O3S. The van der Waals surface area contributed by atoms with Gasteiger partial charge >= 0.3 is 0 Å². The number of carbonyl (C=O) groups excluding carboxylic acids is 2. The van der Waals surface area contributed by atoms with Gasteiger partial charge in [0.1, 0.15) is 5.82 Å². The largest absolute Gasteiger partial charge is 0.383 e. The summed E-state index contributed by atoms with van der Waals surface area (Å²) in [5.41, 5.74) is 1.17. The number of amides is 2. The van der Waals surface area contributed by atoms with E-state index in [-0.39, 0.29) is 23.5 Å². The lowest BCUT2D eigenvalue weighted by Crippen LogP contribution is -2.31. The first kappa shape index (κ1) is 17.0. The van der Waals surface area contributed by atoms with Gasteiger partial charge in [-0.25, -0.2) is 4.39 Å². The van der Waals surface area contributed by atoms with Crippen molar-refractivity contribution in [2.45, 2.75) is 12.8 Å². The highest BCUT2D eigenvalue weighted by molar-refractivity contribution is 8.18. The molecule has 128 valence electrons. The van der Waals surface area contributed by atoms with Crippen molar-refractivity contribution in [1.82, 2.24) is 4.90 Å². The quantitative estimate of drug-likeness (QED) is 0.764.